The maximum absolute atomic E-state index is 11.8. The summed E-state index contributed by atoms with van der Waals surface area (Å²) in [5, 5.41) is 22.1. The Labute approximate surface area is 203 Å². The molecule has 0 radical (unpaired) electrons. The summed E-state index contributed by atoms with van der Waals surface area (Å²) >= 11 is 0. The fourth-order valence-electron chi connectivity index (χ4n) is 3.52. The second kappa shape index (κ2) is 10.6. The fraction of sp³-hybridized carbons (Fsp3) is 0.148. The predicted octanol–water partition coefficient (Wildman–Crippen LogP) is 7.95. The summed E-state index contributed by atoms with van der Waals surface area (Å²) in [5.41, 5.74) is 3.81. The van der Waals surface area contributed by atoms with E-state index in [1.54, 1.807) is 19.2 Å². The Hall–Kier alpha value is -4.59. The van der Waals surface area contributed by atoms with Gasteiger partial charge < -0.3 is 14.8 Å². The largest absolute Gasteiger partial charge is 0.496 e. The average molecular weight is 468 g/mol. The number of hydrogen-bond donors (Lipinski definition) is 1. The van der Waals surface area contributed by atoms with Gasteiger partial charge in [0.1, 0.15) is 22.9 Å². The summed E-state index contributed by atoms with van der Waals surface area (Å²) in [6, 6.07) is 22.5. The van der Waals surface area contributed by atoms with Crippen molar-refractivity contribution in [3.63, 3.8) is 0 Å². The van der Waals surface area contributed by atoms with Crippen molar-refractivity contribution in [1.29, 1.82) is 0 Å². The first-order chi connectivity index (χ1) is 17.0. The van der Waals surface area contributed by atoms with Crippen LogP contribution in [-0.2, 0) is 4.79 Å². The third-order valence-electron chi connectivity index (χ3n) is 5.26. The zero-order chi connectivity index (χ0) is 24.8. The third-order valence-corrected chi connectivity index (χ3v) is 5.26. The Balaban J connectivity index is 1.74. The minimum absolute atomic E-state index is 0.244. The van der Waals surface area contributed by atoms with Gasteiger partial charge in [-0.15, -0.1) is 15.3 Å². The summed E-state index contributed by atoms with van der Waals surface area (Å²) in [6.07, 6.45) is 0. The van der Waals surface area contributed by atoms with Gasteiger partial charge in [-0.3, -0.25) is 4.79 Å². The molecule has 4 aromatic carbocycles. The Morgan fingerprint density at radius 3 is 2.06 bits per heavy atom. The maximum atomic E-state index is 11.8. The van der Waals surface area contributed by atoms with Crippen LogP contribution in [0.5, 0.6) is 11.5 Å². The van der Waals surface area contributed by atoms with Crippen LogP contribution in [0.3, 0.4) is 0 Å². The van der Waals surface area contributed by atoms with E-state index in [9.17, 15) is 4.79 Å². The minimum atomic E-state index is -0.244. The normalized spacial score (nSPS) is 11.3. The highest BCUT2D eigenvalue weighted by Crippen LogP contribution is 2.41. The van der Waals surface area contributed by atoms with E-state index < -0.39 is 0 Å². The smallest absolute Gasteiger partial charge is 0.221 e. The van der Waals surface area contributed by atoms with Crippen LogP contribution in [-0.4, -0.2) is 20.1 Å². The molecule has 0 heterocycles. The van der Waals surface area contributed by atoms with Gasteiger partial charge in [0.05, 0.1) is 31.3 Å². The molecule has 0 spiro atoms. The highest BCUT2D eigenvalue weighted by atomic mass is 16.5. The lowest BCUT2D eigenvalue weighted by atomic mass is 10.1. The molecule has 0 unspecified atom stereocenters. The topological polar surface area (TPSA) is 97.0 Å². The minimum Gasteiger partial charge on any atom is -0.496 e. The zero-order valence-corrected chi connectivity index (χ0v) is 19.9. The summed E-state index contributed by atoms with van der Waals surface area (Å²) in [6.45, 7) is 3.43. The van der Waals surface area contributed by atoms with Crippen LogP contribution in [0.4, 0.5) is 28.4 Å². The standard InChI is InChI=1S/C27H25N5O3/c1-17-9-11-19(12-10-17)29-31-24-16-27(35-4)25(15-23(24)28-18(2)33)32-30-22-13-14-26(34-3)21-8-6-5-7-20(21)22/h5-16H,1-4H3,(H,28,33). The van der Waals surface area contributed by atoms with Gasteiger partial charge in [-0.2, -0.15) is 5.11 Å². The molecule has 8 nitrogen and oxygen atoms in total. The molecule has 0 bridgehead atoms. The molecule has 1 amide bonds. The molecule has 0 aliphatic rings. The number of nitrogens with one attached hydrogen (secondary N) is 1. The molecule has 4 aromatic rings. The molecule has 1 N–H and O–H groups in total. The fourth-order valence-corrected chi connectivity index (χ4v) is 3.52. The number of fused-ring (bicyclic) bond motifs is 1. The first-order valence-corrected chi connectivity index (χ1v) is 10.9. The number of ether oxygens (including phenoxy) is 2. The van der Waals surface area contributed by atoms with Crippen molar-refractivity contribution >= 4 is 45.1 Å². The average Bonchev–Trinajstić information content (AvgIpc) is 2.87. The number of carbonyl (C=O) groups is 1. The van der Waals surface area contributed by atoms with Crippen LogP contribution >= 0.6 is 0 Å². The van der Waals surface area contributed by atoms with Crippen molar-refractivity contribution in [2.24, 2.45) is 20.5 Å². The van der Waals surface area contributed by atoms with E-state index in [1.807, 2.05) is 67.6 Å². The molecule has 4 rings (SSSR count). The second-order valence-electron chi connectivity index (χ2n) is 7.79. The molecule has 0 aliphatic carbocycles. The van der Waals surface area contributed by atoms with Crippen LogP contribution in [0.15, 0.2) is 93.3 Å². The Morgan fingerprint density at radius 1 is 0.714 bits per heavy atom. The molecular formula is C27H25N5O3. The van der Waals surface area contributed by atoms with E-state index >= 15 is 0 Å². The van der Waals surface area contributed by atoms with Gasteiger partial charge in [0.2, 0.25) is 5.91 Å². The molecule has 8 heteroatoms. The van der Waals surface area contributed by atoms with Crippen LogP contribution in [0.1, 0.15) is 12.5 Å². The first kappa shape index (κ1) is 23.6. The highest BCUT2D eigenvalue weighted by molar-refractivity contribution is 5.97. The van der Waals surface area contributed by atoms with E-state index in [2.05, 4.69) is 25.8 Å². The predicted molar refractivity (Wildman–Crippen MR) is 137 cm³/mol. The van der Waals surface area contributed by atoms with Crippen molar-refractivity contribution in [3.8, 4) is 11.5 Å². The highest BCUT2D eigenvalue weighted by Gasteiger charge is 2.13. The number of azo groups is 2. The van der Waals surface area contributed by atoms with Crippen LogP contribution in [0.25, 0.3) is 10.8 Å². The van der Waals surface area contributed by atoms with Crippen molar-refractivity contribution in [2.45, 2.75) is 13.8 Å². The summed E-state index contributed by atoms with van der Waals surface area (Å²) < 4.78 is 11.0. The molecular weight excluding hydrogens is 442 g/mol. The monoisotopic (exact) mass is 467 g/mol. The van der Waals surface area contributed by atoms with Gasteiger partial charge in [0.15, 0.2) is 0 Å². The SMILES string of the molecule is COc1cc(N=Nc2ccc(C)cc2)c(NC(C)=O)cc1N=Nc1ccc(OC)c2ccccc12. The lowest BCUT2D eigenvalue weighted by Gasteiger charge is -2.11. The Morgan fingerprint density at radius 2 is 1.37 bits per heavy atom. The number of benzene rings is 4. The number of amides is 1. The Bertz CT molecular complexity index is 1430. The van der Waals surface area contributed by atoms with Gasteiger partial charge >= 0.3 is 0 Å². The van der Waals surface area contributed by atoms with E-state index in [4.69, 9.17) is 9.47 Å². The third kappa shape index (κ3) is 5.50. The van der Waals surface area contributed by atoms with Crippen molar-refractivity contribution in [3.05, 3.63) is 78.4 Å². The molecule has 0 aliphatic heterocycles. The molecule has 0 aromatic heterocycles. The number of nitrogens with zero attached hydrogens (tertiary/aromatic N) is 4. The van der Waals surface area contributed by atoms with E-state index in [0.717, 1.165) is 22.1 Å². The van der Waals surface area contributed by atoms with Gasteiger partial charge in [-0.05, 0) is 37.3 Å². The van der Waals surface area contributed by atoms with E-state index in [-0.39, 0.29) is 5.91 Å². The number of methoxy groups -OCH3 is 2. The van der Waals surface area contributed by atoms with Gasteiger partial charge in [0.25, 0.3) is 0 Å². The zero-order valence-electron chi connectivity index (χ0n) is 19.9. The van der Waals surface area contributed by atoms with Crippen LogP contribution < -0.4 is 14.8 Å². The van der Waals surface area contributed by atoms with Crippen molar-refractivity contribution in [2.75, 3.05) is 19.5 Å². The molecule has 0 saturated carbocycles. The van der Waals surface area contributed by atoms with Gasteiger partial charge in [-0.1, -0.05) is 42.0 Å². The van der Waals surface area contributed by atoms with Crippen molar-refractivity contribution in [1.82, 2.24) is 0 Å². The summed E-state index contributed by atoms with van der Waals surface area (Å²) in [4.78, 5) is 11.8. The molecule has 176 valence electrons. The van der Waals surface area contributed by atoms with Gasteiger partial charge in [-0.25, -0.2) is 0 Å². The summed E-state index contributed by atoms with van der Waals surface area (Å²) in [7, 11) is 3.17. The Kier molecular flexibility index (Phi) is 7.11. The lowest BCUT2D eigenvalue weighted by molar-refractivity contribution is -0.114. The van der Waals surface area contributed by atoms with Crippen LogP contribution in [0, 0.1) is 6.92 Å². The van der Waals surface area contributed by atoms with Crippen molar-refractivity contribution < 1.29 is 14.3 Å². The molecule has 35 heavy (non-hydrogen) atoms. The van der Waals surface area contributed by atoms with E-state index in [0.29, 0.717) is 34.2 Å². The number of carbonyl (C=O) groups excluding carboxylic acids is 1. The summed E-state index contributed by atoms with van der Waals surface area (Å²) in [5.74, 6) is 0.956. The first-order valence-electron chi connectivity index (χ1n) is 10.9. The number of hydrogen-bond acceptors (Lipinski definition) is 7. The molecule has 0 saturated heterocycles. The number of rotatable bonds is 7. The van der Waals surface area contributed by atoms with E-state index in [1.165, 1.54) is 14.0 Å². The second-order valence-corrected chi connectivity index (χ2v) is 7.79. The quantitative estimate of drug-likeness (QED) is 0.279. The van der Waals surface area contributed by atoms with Crippen LogP contribution in [0.2, 0.25) is 0 Å². The molecule has 0 atom stereocenters. The lowest BCUT2D eigenvalue weighted by Crippen LogP contribution is -2.05. The number of anilines is 1. The number of aryl methyl sites for hydroxylation is 1. The maximum Gasteiger partial charge on any atom is 0.221 e. The van der Waals surface area contributed by atoms with Gasteiger partial charge in [0, 0.05) is 23.8 Å². The molecule has 0 fully saturated rings.